The zero-order chi connectivity index (χ0) is 17.6. The van der Waals surface area contributed by atoms with Crippen molar-refractivity contribution in [3.63, 3.8) is 0 Å². The summed E-state index contributed by atoms with van der Waals surface area (Å²) in [6, 6.07) is 0.536. The molecule has 1 aromatic heterocycles. The van der Waals surface area contributed by atoms with Gasteiger partial charge >= 0.3 is 0 Å². The number of amides is 1. The van der Waals surface area contributed by atoms with Crippen LogP contribution in [0.3, 0.4) is 0 Å². The molecule has 0 aromatic carbocycles. The van der Waals surface area contributed by atoms with Crippen molar-refractivity contribution in [2.75, 3.05) is 38.0 Å². The first kappa shape index (κ1) is 18.9. The summed E-state index contributed by atoms with van der Waals surface area (Å²) in [7, 11) is 0. The Labute approximate surface area is 158 Å². The molecular formula is C17H29N5OS2. The third kappa shape index (κ3) is 5.31. The van der Waals surface area contributed by atoms with Crippen molar-refractivity contribution in [1.82, 2.24) is 20.0 Å². The van der Waals surface area contributed by atoms with Crippen molar-refractivity contribution < 1.29 is 4.79 Å². The molecule has 0 spiro atoms. The van der Waals surface area contributed by atoms with E-state index in [1.807, 2.05) is 11.8 Å². The molecule has 8 heteroatoms. The van der Waals surface area contributed by atoms with Gasteiger partial charge in [0.15, 0.2) is 4.34 Å². The number of thioether (sulfide) groups is 1. The van der Waals surface area contributed by atoms with Crippen LogP contribution in [0.1, 0.15) is 46.0 Å². The highest BCUT2D eigenvalue weighted by molar-refractivity contribution is 8.02. The number of carbonyl (C=O) groups is 1. The minimum absolute atomic E-state index is 0.108. The van der Waals surface area contributed by atoms with Gasteiger partial charge in [-0.05, 0) is 26.3 Å². The van der Waals surface area contributed by atoms with Crippen LogP contribution in [-0.2, 0) is 4.79 Å². The maximum Gasteiger partial charge on any atom is 0.235 e. The van der Waals surface area contributed by atoms with Crippen molar-refractivity contribution in [1.29, 1.82) is 0 Å². The first-order valence-corrected chi connectivity index (χ1v) is 11.1. The molecule has 1 aromatic rings. The topological polar surface area (TPSA) is 61.4 Å². The summed E-state index contributed by atoms with van der Waals surface area (Å²) in [5, 5.41) is 12.8. The van der Waals surface area contributed by atoms with E-state index in [9.17, 15) is 4.79 Å². The summed E-state index contributed by atoms with van der Waals surface area (Å²) in [5.74, 6) is 0.220. The molecule has 1 saturated carbocycles. The van der Waals surface area contributed by atoms with Gasteiger partial charge in [-0.1, -0.05) is 49.3 Å². The largest absolute Gasteiger partial charge is 0.357 e. The zero-order valence-electron chi connectivity index (χ0n) is 15.2. The van der Waals surface area contributed by atoms with Crippen molar-refractivity contribution in [3.05, 3.63) is 0 Å². The van der Waals surface area contributed by atoms with Crippen molar-refractivity contribution >= 4 is 34.1 Å². The SMILES string of the molecule is CCN1CCN(C(=O)C(C)Sc2nnc(NC3CCCCC3)s2)CC1. The summed E-state index contributed by atoms with van der Waals surface area (Å²) >= 11 is 3.11. The Bertz CT molecular complexity index is 553. The normalized spacial score (nSPS) is 21.3. The molecule has 0 radical (unpaired) electrons. The van der Waals surface area contributed by atoms with E-state index in [0.717, 1.165) is 42.2 Å². The van der Waals surface area contributed by atoms with Crippen LogP contribution in [0.4, 0.5) is 5.13 Å². The van der Waals surface area contributed by atoms with Crippen LogP contribution in [0.5, 0.6) is 0 Å². The maximum atomic E-state index is 12.6. The molecule has 2 fully saturated rings. The van der Waals surface area contributed by atoms with Gasteiger partial charge < -0.3 is 15.1 Å². The van der Waals surface area contributed by atoms with Crippen LogP contribution >= 0.6 is 23.1 Å². The lowest BCUT2D eigenvalue weighted by molar-refractivity contribution is -0.132. The van der Waals surface area contributed by atoms with Crippen molar-refractivity contribution in [3.8, 4) is 0 Å². The van der Waals surface area contributed by atoms with Crippen LogP contribution in [0, 0.1) is 0 Å². The van der Waals surface area contributed by atoms with E-state index in [1.165, 1.54) is 43.9 Å². The number of rotatable bonds is 6. The van der Waals surface area contributed by atoms with Gasteiger partial charge in [-0.2, -0.15) is 0 Å². The molecule has 3 rings (SSSR count). The zero-order valence-corrected chi connectivity index (χ0v) is 16.9. The van der Waals surface area contributed by atoms with E-state index in [2.05, 4.69) is 27.3 Å². The Morgan fingerprint density at radius 2 is 1.96 bits per heavy atom. The number of nitrogens with one attached hydrogen (secondary N) is 1. The Morgan fingerprint density at radius 1 is 1.24 bits per heavy atom. The highest BCUT2D eigenvalue weighted by Gasteiger charge is 2.26. The van der Waals surface area contributed by atoms with E-state index in [0.29, 0.717) is 6.04 Å². The third-order valence-corrected chi connectivity index (χ3v) is 7.12. The van der Waals surface area contributed by atoms with E-state index < -0.39 is 0 Å². The van der Waals surface area contributed by atoms with Crippen LogP contribution in [0.15, 0.2) is 4.34 Å². The van der Waals surface area contributed by atoms with Crippen LogP contribution < -0.4 is 5.32 Å². The molecular weight excluding hydrogens is 354 g/mol. The number of anilines is 1. The van der Waals surface area contributed by atoms with Crippen molar-refractivity contribution in [2.45, 2.75) is 61.6 Å². The lowest BCUT2D eigenvalue weighted by atomic mass is 9.96. The lowest BCUT2D eigenvalue weighted by Gasteiger charge is -2.35. The van der Waals surface area contributed by atoms with Gasteiger partial charge in [-0.3, -0.25) is 4.79 Å². The molecule has 1 aliphatic carbocycles. The number of piperazine rings is 1. The number of hydrogen-bond donors (Lipinski definition) is 1. The Morgan fingerprint density at radius 3 is 2.64 bits per heavy atom. The molecule has 25 heavy (non-hydrogen) atoms. The molecule has 1 unspecified atom stereocenters. The van der Waals surface area contributed by atoms with Crippen LogP contribution in [0.2, 0.25) is 0 Å². The summed E-state index contributed by atoms with van der Waals surface area (Å²) in [4.78, 5) is 17.0. The number of hydrogen-bond acceptors (Lipinski definition) is 7. The molecule has 1 saturated heterocycles. The Balaban J connectivity index is 1.47. The predicted molar refractivity (Wildman–Crippen MR) is 104 cm³/mol. The van der Waals surface area contributed by atoms with E-state index in [-0.39, 0.29) is 11.2 Å². The molecule has 1 atom stereocenters. The summed E-state index contributed by atoms with van der Waals surface area (Å²) in [6.45, 7) is 8.85. The monoisotopic (exact) mass is 383 g/mol. The van der Waals surface area contributed by atoms with Crippen LogP contribution in [0.25, 0.3) is 0 Å². The van der Waals surface area contributed by atoms with E-state index >= 15 is 0 Å². The molecule has 6 nitrogen and oxygen atoms in total. The van der Waals surface area contributed by atoms with Gasteiger partial charge in [0, 0.05) is 32.2 Å². The van der Waals surface area contributed by atoms with Gasteiger partial charge in [-0.25, -0.2) is 0 Å². The number of aromatic nitrogens is 2. The molecule has 1 N–H and O–H groups in total. The molecule has 1 amide bonds. The van der Waals surface area contributed by atoms with E-state index in [4.69, 9.17) is 0 Å². The highest BCUT2D eigenvalue weighted by Crippen LogP contribution is 2.31. The summed E-state index contributed by atoms with van der Waals surface area (Å²) < 4.78 is 0.881. The number of likely N-dealkylation sites (N-methyl/N-ethyl adjacent to an activating group) is 1. The summed E-state index contributed by atoms with van der Waals surface area (Å²) in [5.41, 5.74) is 0. The maximum absolute atomic E-state index is 12.6. The molecule has 2 heterocycles. The predicted octanol–water partition coefficient (Wildman–Crippen LogP) is 2.93. The smallest absolute Gasteiger partial charge is 0.235 e. The molecule has 0 bridgehead atoms. The van der Waals surface area contributed by atoms with Gasteiger partial charge in [0.05, 0.1) is 5.25 Å². The molecule has 1 aliphatic heterocycles. The minimum Gasteiger partial charge on any atom is -0.357 e. The fourth-order valence-corrected chi connectivity index (χ4v) is 5.54. The van der Waals surface area contributed by atoms with Gasteiger partial charge in [-0.15, -0.1) is 10.2 Å². The fourth-order valence-electron chi connectivity index (χ4n) is 3.48. The second kappa shape index (κ2) is 9.19. The quantitative estimate of drug-likeness (QED) is 0.762. The second-order valence-corrected chi connectivity index (χ2v) is 9.44. The van der Waals surface area contributed by atoms with Gasteiger partial charge in [0.1, 0.15) is 0 Å². The first-order chi connectivity index (χ1) is 12.2. The highest BCUT2D eigenvalue weighted by atomic mass is 32.2. The van der Waals surface area contributed by atoms with Crippen molar-refractivity contribution in [2.24, 2.45) is 0 Å². The summed E-state index contributed by atoms with van der Waals surface area (Å²) in [6.07, 6.45) is 6.40. The Hall–Kier alpha value is -0.860. The second-order valence-electron chi connectivity index (χ2n) is 6.87. The average Bonchev–Trinajstić information content (AvgIpc) is 3.08. The lowest BCUT2D eigenvalue weighted by Crippen LogP contribution is -2.50. The number of nitrogens with zero attached hydrogens (tertiary/aromatic N) is 4. The molecule has 2 aliphatic rings. The Kier molecular flexibility index (Phi) is 6.95. The third-order valence-electron chi connectivity index (χ3n) is 5.10. The number of carbonyl (C=O) groups excluding carboxylic acids is 1. The average molecular weight is 384 g/mol. The minimum atomic E-state index is -0.108. The first-order valence-electron chi connectivity index (χ1n) is 9.43. The van der Waals surface area contributed by atoms with E-state index in [1.54, 1.807) is 11.3 Å². The van der Waals surface area contributed by atoms with Gasteiger partial charge in [0.25, 0.3) is 0 Å². The van der Waals surface area contributed by atoms with Crippen LogP contribution in [-0.4, -0.2) is 69.9 Å². The standard InChI is InChI=1S/C17H29N5OS2/c1-3-21-9-11-22(12-10-21)15(23)13(2)24-17-20-19-16(25-17)18-14-7-5-4-6-8-14/h13-14H,3-12H2,1-2H3,(H,18,19). The van der Waals surface area contributed by atoms with Gasteiger partial charge in [0.2, 0.25) is 11.0 Å². The fraction of sp³-hybridized carbons (Fsp3) is 0.824. The molecule has 140 valence electrons.